The minimum Gasteiger partial charge on any atom is -0.491 e. The van der Waals surface area contributed by atoms with Gasteiger partial charge in [0.05, 0.1) is 6.10 Å². The van der Waals surface area contributed by atoms with Crippen LogP contribution in [0.2, 0.25) is 0 Å². The fourth-order valence-corrected chi connectivity index (χ4v) is 3.08. The standard InChI is InChI=1S/C18H29NO/c1-4-7-14(3)20-16-11-10-15-8-6-9-18(17(15)13-16)19-12-5-2/h10-11,13-14,18-19H,4-9,12H2,1-3H3. The normalized spacial score (nSPS) is 19.4. The highest BCUT2D eigenvalue weighted by molar-refractivity contribution is 5.39. The second kappa shape index (κ2) is 7.68. The lowest BCUT2D eigenvalue weighted by Crippen LogP contribution is -2.26. The van der Waals surface area contributed by atoms with E-state index in [9.17, 15) is 0 Å². The number of rotatable bonds is 7. The summed E-state index contributed by atoms with van der Waals surface area (Å²) in [7, 11) is 0. The number of hydrogen-bond acceptors (Lipinski definition) is 2. The highest BCUT2D eigenvalue weighted by atomic mass is 16.5. The number of hydrogen-bond donors (Lipinski definition) is 1. The van der Waals surface area contributed by atoms with Gasteiger partial charge < -0.3 is 10.1 Å². The van der Waals surface area contributed by atoms with Crippen LogP contribution in [-0.4, -0.2) is 12.6 Å². The van der Waals surface area contributed by atoms with Crippen molar-refractivity contribution in [3.05, 3.63) is 29.3 Å². The molecule has 0 aliphatic heterocycles. The van der Waals surface area contributed by atoms with Crippen LogP contribution in [0.3, 0.4) is 0 Å². The number of fused-ring (bicyclic) bond motifs is 1. The van der Waals surface area contributed by atoms with E-state index in [4.69, 9.17) is 4.74 Å². The Labute approximate surface area is 123 Å². The topological polar surface area (TPSA) is 21.3 Å². The van der Waals surface area contributed by atoms with E-state index in [1.54, 1.807) is 0 Å². The van der Waals surface area contributed by atoms with Gasteiger partial charge >= 0.3 is 0 Å². The monoisotopic (exact) mass is 275 g/mol. The van der Waals surface area contributed by atoms with Gasteiger partial charge in [-0.3, -0.25) is 0 Å². The summed E-state index contributed by atoms with van der Waals surface area (Å²) in [6.07, 6.45) is 7.55. The molecule has 0 saturated carbocycles. The van der Waals surface area contributed by atoms with Crippen molar-refractivity contribution < 1.29 is 4.74 Å². The lowest BCUT2D eigenvalue weighted by Gasteiger charge is -2.27. The van der Waals surface area contributed by atoms with Crippen LogP contribution in [0.15, 0.2) is 18.2 Å². The molecule has 0 saturated heterocycles. The van der Waals surface area contributed by atoms with Gasteiger partial charge in [-0.1, -0.05) is 26.3 Å². The largest absolute Gasteiger partial charge is 0.491 e. The molecule has 1 aliphatic rings. The number of nitrogens with one attached hydrogen (secondary N) is 1. The zero-order valence-corrected chi connectivity index (χ0v) is 13.2. The molecular formula is C18H29NO. The molecule has 0 amide bonds. The fraction of sp³-hybridized carbons (Fsp3) is 0.667. The highest BCUT2D eigenvalue weighted by Crippen LogP contribution is 2.32. The molecule has 0 radical (unpaired) electrons. The molecule has 0 spiro atoms. The Morgan fingerprint density at radius 1 is 1.30 bits per heavy atom. The summed E-state index contributed by atoms with van der Waals surface area (Å²) in [6.45, 7) is 7.69. The van der Waals surface area contributed by atoms with Gasteiger partial charge in [0.15, 0.2) is 0 Å². The molecule has 2 nitrogen and oxygen atoms in total. The van der Waals surface area contributed by atoms with E-state index in [0.29, 0.717) is 12.1 Å². The van der Waals surface area contributed by atoms with Crippen LogP contribution in [0, 0.1) is 0 Å². The van der Waals surface area contributed by atoms with Crippen molar-refractivity contribution >= 4 is 0 Å². The number of ether oxygens (including phenoxy) is 1. The van der Waals surface area contributed by atoms with E-state index in [1.807, 2.05) is 0 Å². The Bertz CT molecular complexity index is 416. The van der Waals surface area contributed by atoms with Crippen LogP contribution in [0.1, 0.15) is 70.0 Å². The smallest absolute Gasteiger partial charge is 0.120 e. The summed E-state index contributed by atoms with van der Waals surface area (Å²) >= 11 is 0. The minimum atomic E-state index is 0.309. The van der Waals surface area contributed by atoms with Gasteiger partial charge in [0.2, 0.25) is 0 Å². The molecule has 0 aromatic heterocycles. The predicted octanol–water partition coefficient (Wildman–Crippen LogP) is 4.63. The van der Waals surface area contributed by atoms with Gasteiger partial charge in [-0.15, -0.1) is 0 Å². The quantitative estimate of drug-likeness (QED) is 0.783. The zero-order chi connectivity index (χ0) is 14.4. The minimum absolute atomic E-state index is 0.309. The van der Waals surface area contributed by atoms with E-state index in [0.717, 1.165) is 18.7 Å². The maximum absolute atomic E-state index is 6.05. The Morgan fingerprint density at radius 3 is 2.90 bits per heavy atom. The lowest BCUT2D eigenvalue weighted by atomic mass is 9.87. The van der Waals surface area contributed by atoms with Gasteiger partial charge in [0, 0.05) is 6.04 Å². The molecule has 2 unspecified atom stereocenters. The van der Waals surface area contributed by atoms with E-state index in [-0.39, 0.29) is 0 Å². The Hall–Kier alpha value is -1.02. The van der Waals surface area contributed by atoms with Gasteiger partial charge in [-0.2, -0.15) is 0 Å². The number of aryl methyl sites for hydroxylation is 1. The summed E-state index contributed by atoms with van der Waals surface area (Å²) in [6, 6.07) is 7.20. The number of benzene rings is 1. The van der Waals surface area contributed by atoms with Crippen molar-refractivity contribution in [1.29, 1.82) is 0 Å². The summed E-state index contributed by atoms with van der Waals surface area (Å²) in [5.74, 6) is 1.04. The molecular weight excluding hydrogens is 246 g/mol. The molecule has 112 valence electrons. The maximum atomic E-state index is 6.05. The molecule has 0 bridgehead atoms. The second-order valence-corrected chi connectivity index (χ2v) is 5.98. The maximum Gasteiger partial charge on any atom is 0.120 e. The first-order valence-corrected chi connectivity index (χ1v) is 8.27. The molecule has 0 fully saturated rings. The Kier molecular flexibility index (Phi) is 5.90. The van der Waals surface area contributed by atoms with Gasteiger partial charge in [0.25, 0.3) is 0 Å². The average molecular weight is 275 g/mol. The first-order chi connectivity index (χ1) is 9.74. The van der Waals surface area contributed by atoms with Gasteiger partial charge in [0.1, 0.15) is 5.75 Å². The molecule has 0 heterocycles. The highest BCUT2D eigenvalue weighted by Gasteiger charge is 2.20. The van der Waals surface area contributed by atoms with Crippen LogP contribution in [0.25, 0.3) is 0 Å². The predicted molar refractivity (Wildman–Crippen MR) is 85.4 cm³/mol. The molecule has 2 atom stereocenters. The van der Waals surface area contributed by atoms with Gasteiger partial charge in [-0.25, -0.2) is 0 Å². The fourth-order valence-electron chi connectivity index (χ4n) is 3.08. The first-order valence-electron chi connectivity index (χ1n) is 8.27. The second-order valence-electron chi connectivity index (χ2n) is 5.98. The van der Waals surface area contributed by atoms with Crippen LogP contribution in [0.5, 0.6) is 5.75 Å². The SMILES string of the molecule is CCCNC1CCCc2ccc(OC(C)CCC)cc21. The van der Waals surface area contributed by atoms with Crippen LogP contribution >= 0.6 is 0 Å². The molecule has 20 heavy (non-hydrogen) atoms. The van der Waals surface area contributed by atoms with E-state index >= 15 is 0 Å². The van der Waals surface area contributed by atoms with Crippen molar-refractivity contribution in [3.63, 3.8) is 0 Å². The van der Waals surface area contributed by atoms with Crippen molar-refractivity contribution in [2.24, 2.45) is 0 Å². The summed E-state index contributed by atoms with van der Waals surface area (Å²) in [5.41, 5.74) is 2.96. The third-order valence-electron chi connectivity index (χ3n) is 4.10. The summed E-state index contributed by atoms with van der Waals surface area (Å²) < 4.78 is 6.05. The van der Waals surface area contributed by atoms with Crippen molar-refractivity contribution in [3.8, 4) is 5.75 Å². The third-order valence-corrected chi connectivity index (χ3v) is 4.10. The van der Waals surface area contributed by atoms with E-state index in [1.165, 1.54) is 43.2 Å². The summed E-state index contributed by atoms with van der Waals surface area (Å²) in [5, 5.41) is 3.68. The van der Waals surface area contributed by atoms with Crippen molar-refractivity contribution in [1.82, 2.24) is 5.32 Å². The third kappa shape index (κ3) is 3.99. The van der Waals surface area contributed by atoms with E-state index < -0.39 is 0 Å². The first kappa shape index (κ1) is 15.4. The molecule has 1 aliphatic carbocycles. The zero-order valence-electron chi connectivity index (χ0n) is 13.2. The van der Waals surface area contributed by atoms with Gasteiger partial charge in [-0.05, 0) is 68.8 Å². The van der Waals surface area contributed by atoms with Crippen LogP contribution in [0.4, 0.5) is 0 Å². The molecule has 1 aromatic rings. The van der Waals surface area contributed by atoms with Crippen LogP contribution < -0.4 is 10.1 Å². The van der Waals surface area contributed by atoms with E-state index in [2.05, 4.69) is 44.3 Å². The molecule has 2 rings (SSSR count). The molecule has 1 aromatic carbocycles. The lowest BCUT2D eigenvalue weighted by molar-refractivity contribution is 0.209. The Morgan fingerprint density at radius 2 is 2.15 bits per heavy atom. The molecule has 2 heteroatoms. The summed E-state index contributed by atoms with van der Waals surface area (Å²) in [4.78, 5) is 0. The molecule has 1 N–H and O–H groups in total. The average Bonchev–Trinajstić information content (AvgIpc) is 2.45. The Balaban J connectivity index is 2.10. The van der Waals surface area contributed by atoms with Crippen molar-refractivity contribution in [2.75, 3.05) is 6.54 Å². The van der Waals surface area contributed by atoms with Crippen molar-refractivity contribution in [2.45, 2.75) is 71.4 Å². The van der Waals surface area contributed by atoms with Crippen LogP contribution in [-0.2, 0) is 6.42 Å².